The molecule has 2 aromatic heterocycles. The number of aromatic amines is 1. The molecule has 0 saturated heterocycles. The molecule has 2 rings (SSSR count). The van der Waals surface area contributed by atoms with E-state index in [1.165, 1.54) is 12.5 Å². The van der Waals surface area contributed by atoms with Crippen molar-refractivity contribution in [2.45, 2.75) is 32.0 Å². The molecule has 2 aromatic rings. The fourth-order valence-corrected chi connectivity index (χ4v) is 2.41. The van der Waals surface area contributed by atoms with Crippen LogP contribution in [-0.2, 0) is 23.1 Å². The second kappa shape index (κ2) is 4.91. The molecule has 7 nitrogen and oxygen atoms in total. The van der Waals surface area contributed by atoms with Crippen LogP contribution in [0.1, 0.15) is 18.2 Å². The van der Waals surface area contributed by atoms with Crippen molar-refractivity contribution in [2.24, 2.45) is 0 Å². The quantitative estimate of drug-likeness (QED) is 0.822. The molecule has 8 heteroatoms. The number of nitrogens with one attached hydrogen (secondary N) is 2. The Balaban J connectivity index is 2.10. The maximum atomic E-state index is 12.0. The van der Waals surface area contributed by atoms with Crippen LogP contribution in [-0.4, -0.2) is 28.2 Å². The maximum absolute atomic E-state index is 12.0. The largest absolute Gasteiger partial charge is 0.336 e. The zero-order chi connectivity index (χ0) is 13.2. The molecular formula is C10H15N5O2S. The monoisotopic (exact) mass is 269 g/mol. The minimum absolute atomic E-state index is 0.0329. The molecule has 0 aliphatic heterocycles. The third kappa shape index (κ3) is 2.59. The van der Waals surface area contributed by atoms with Gasteiger partial charge in [-0.3, -0.25) is 5.10 Å². The zero-order valence-corrected chi connectivity index (χ0v) is 11.0. The fraction of sp³-hybridized carbons (Fsp3) is 0.400. The van der Waals surface area contributed by atoms with Crippen molar-refractivity contribution >= 4 is 10.0 Å². The van der Waals surface area contributed by atoms with Gasteiger partial charge >= 0.3 is 0 Å². The molecule has 2 heterocycles. The van der Waals surface area contributed by atoms with Crippen molar-refractivity contribution < 1.29 is 8.42 Å². The van der Waals surface area contributed by atoms with Crippen LogP contribution >= 0.6 is 0 Å². The Hall–Kier alpha value is -1.67. The van der Waals surface area contributed by atoms with E-state index in [0.717, 1.165) is 11.3 Å². The maximum Gasteiger partial charge on any atom is 0.259 e. The Kier molecular flexibility index (Phi) is 3.48. The van der Waals surface area contributed by atoms with E-state index in [-0.39, 0.29) is 11.6 Å². The predicted molar refractivity (Wildman–Crippen MR) is 65.3 cm³/mol. The first-order valence-electron chi connectivity index (χ1n) is 5.53. The number of hydrogen-bond acceptors (Lipinski definition) is 4. The molecule has 0 atom stereocenters. The normalized spacial score (nSPS) is 11.9. The molecule has 18 heavy (non-hydrogen) atoms. The highest BCUT2D eigenvalue weighted by Crippen LogP contribution is 2.08. The lowest BCUT2D eigenvalue weighted by molar-refractivity contribution is 0.577. The van der Waals surface area contributed by atoms with Gasteiger partial charge in [0.2, 0.25) is 0 Å². The molecule has 0 saturated carbocycles. The van der Waals surface area contributed by atoms with Gasteiger partial charge in [-0.15, -0.1) is 0 Å². The van der Waals surface area contributed by atoms with E-state index in [0.29, 0.717) is 6.54 Å². The lowest BCUT2D eigenvalue weighted by Crippen LogP contribution is -2.23. The second-order valence-electron chi connectivity index (χ2n) is 3.89. The van der Waals surface area contributed by atoms with Gasteiger partial charge in [0.15, 0.2) is 5.03 Å². The summed E-state index contributed by atoms with van der Waals surface area (Å²) < 4.78 is 28.1. The number of sulfonamides is 1. The molecule has 0 fully saturated rings. The van der Waals surface area contributed by atoms with Crippen LogP contribution in [0.4, 0.5) is 0 Å². The lowest BCUT2D eigenvalue weighted by atomic mass is 10.3. The third-order valence-electron chi connectivity index (χ3n) is 2.64. The first kappa shape index (κ1) is 12.8. The first-order valence-corrected chi connectivity index (χ1v) is 7.01. The number of H-pyrrole nitrogens is 1. The van der Waals surface area contributed by atoms with Gasteiger partial charge in [0.25, 0.3) is 10.0 Å². The Morgan fingerprint density at radius 1 is 1.50 bits per heavy atom. The highest BCUT2D eigenvalue weighted by atomic mass is 32.2. The van der Waals surface area contributed by atoms with Crippen LogP contribution in [0.25, 0.3) is 0 Å². The second-order valence-corrected chi connectivity index (χ2v) is 5.60. The van der Waals surface area contributed by atoms with Gasteiger partial charge < -0.3 is 4.57 Å². The summed E-state index contributed by atoms with van der Waals surface area (Å²) in [6.45, 7) is 4.63. The first-order chi connectivity index (χ1) is 8.53. The fourth-order valence-electron chi connectivity index (χ4n) is 1.45. The average Bonchev–Trinajstić information content (AvgIpc) is 2.95. The molecule has 0 aliphatic rings. The molecule has 0 aromatic carbocycles. The summed E-state index contributed by atoms with van der Waals surface area (Å²) in [5.41, 5.74) is 1.66. The number of aryl methyl sites for hydroxylation is 2. The van der Waals surface area contributed by atoms with E-state index >= 15 is 0 Å². The minimum Gasteiger partial charge on any atom is -0.336 e. The molecule has 0 bridgehead atoms. The van der Waals surface area contributed by atoms with Gasteiger partial charge in [-0.1, -0.05) is 0 Å². The molecule has 2 N–H and O–H groups in total. The number of hydrogen-bond donors (Lipinski definition) is 2. The zero-order valence-electron chi connectivity index (χ0n) is 10.2. The van der Waals surface area contributed by atoms with Gasteiger partial charge in [0.1, 0.15) is 0 Å². The number of aromatic nitrogens is 4. The Labute approximate surface area is 105 Å². The minimum atomic E-state index is -3.57. The summed E-state index contributed by atoms with van der Waals surface area (Å²) in [7, 11) is -3.57. The molecule has 0 aliphatic carbocycles. The smallest absolute Gasteiger partial charge is 0.259 e. The number of rotatable bonds is 5. The molecule has 0 unspecified atom stereocenters. The molecule has 0 spiro atoms. The highest BCUT2D eigenvalue weighted by Gasteiger charge is 2.17. The van der Waals surface area contributed by atoms with Crippen LogP contribution in [0, 0.1) is 6.92 Å². The van der Waals surface area contributed by atoms with Crippen molar-refractivity contribution in [2.75, 3.05) is 0 Å². The SMILES string of the molecule is CCn1cnc(S(=O)(=O)NCc2cn[nH]c2C)c1. The highest BCUT2D eigenvalue weighted by molar-refractivity contribution is 7.89. The number of imidazole rings is 1. The molecule has 98 valence electrons. The average molecular weight is 269 g/mol. The summed E-state index contributed by atoms with van der Waals surface area (Å²) in [5.74, 6) is 0. The van der Waals surface area contributed by atoms with Crippen molar-refractivity contribution in [3.05, 3.63) is 30.0 Å². The van der Waals surface area contributed by atoms with E-state index in [4.69, 9.17) is 0 Å². The summed E-state index contributed by atoms with van der Waals surface area (Å²) >= 11 is 0. The van der Waals surface area contributed by atoms with Gasteiger partial charge in [-0.05, 0) is 13.8 Å². The van der Waals surface area contributed by atoms with Gasteiger partial charge in [-0.2, -0.15) is 5.10 Å². The summed E-state index contributed by atoms with van der Waals surface area (Å²) in [4.78, 5) is 3.87. The number of nitrogens with zero attached hydrogens (tertiary/aromatic N) is 3. The van der Waals surface area contributed by atoms with Crippen LogP contribution in [0.5, 0.6) is 0 Å². The topological polar surface area (TPSA) is 92.7 Å². The van der Waals surface area contributed by atoms with E-state index < -0.39 is 10.0 Å². The molecule has 0 amide bonds. The molecular weight excluding hydrogens is 254 g/mol. The van der Waals surface area contributed by atoms with Gasteiger partial charge in [0.05, 0.1) is 12.5 Å². The summed E-state index contributed by atoms with van der Waals surface area (Å²) in [5, 5.41) is 6.62. The lowest BCUT2D eigenvalue weighted by Gasteiger charge is -2.03. The van der Waals surface area contributed by atoms with Crippen molar-refractivity contribution in [3.63, 3.8) is 0 Å². The van der Waals surface area contributed by atoms with E-state index in [2.05, 4.69) is 19.9 Å². The summed E-state index contributed by atoms with van der Waals surface area (Å²) in [6.07, 6.45) is 4.60. The van der Waals surface area contributed by atoms with Crippen molar-refractivity contribution in [3.8, 4) is 0 Å². The van der Waals surface area contributed by atoms with E-state index in [1.807, 2.05) is 13.8 Å². The van der Waals surface area contributed by atoms with Crippen LogP contribution in [0.3, 0.4) is 0 Å². The van der Waals surface area contributed by atoms with Crippen LogP contribution in [0.15, 0.2) is 23.7 Å². The predicted octanol–water partition coefficient (Wildman–Crippen LogP) is 0.413. The third-order valence-corrected chi connectivity index (χ3v) is 3.92. The standard InChI is InChI=1S/C10H15N5O2S/c1-3-15-6-10(11-7-15)18(16,17)13-5-9-4-12-14-8(9)2/h4,6-7,13H,3,5H2,1-2H3,(H,12,14). The Bertz CT molecular complexity index is 628. The van der Waals surface area contributed by atoms with E-state index in [9.17, 15) is 8.42 Å². The molecule has 0 radical (unpaired) electrons. The Morgan fingerprint density at radius 2 is 2.28 bits per heavy atom. The van der Waals surface area contributed by atoms with Crippen molar-refractivity contribution in [1.82, 2.24) is 24.5 Å². The van der Waals surface area contributed by atoms with Gasteiger partial charge in [-0.25, -0.2) is 18.1 Å². The summed E-state index contributed by atoms with van der Waals surface area (Å²) in [6, 6.07) is 0. The van der Waals surface area contributed by atoms with Gasteiger partial charge in [0, 0.05) is 30.5 Å². The van der Waals surface area contributed by atoms with Crippen LogP contribution < -0.4 is 4.72 Å². The van der Waals surface area contributed by atoms with Crippen molar-refractivity contribution in [1.29, 1.82) is 0 Å². The van der Waals surface area contributed by atoms with E-state index in [1.54, 1.807) is 10.8 Å². The Morgan fingerprint density at radius 3 is 2.83 bits per heavy atom. The van der Waals surface area contributed by atoms with Crippen LogP contribution in [0.2, 0.25) is 0 Å².